The van der Waals surface area contributed by atoms with Crippen LogP contribution in [-0.2, 0) is 16.0 Å². The van der Waals surface area contributed by atoms with E-state index in [1.165, 1.54) is 11.3 Å². The van der Waals surface area contributed by atoms with Crippen LogP contribution in [0.4, 0.5) is 0 Å². The fourth-order valence-electron chi connectivity index (χ4n) is 2.19. The van der Waals surface area contributed by atoms with Gasteiger partial charge in [-0.1, -0.05) is 0 Å². The number of thiazole rings is 1. The molecule has 2 rings (SSSR count). The third-order valence-corrected chi connectivity index (χ3v) is 3.91. The number of ketones is 1. The van der Waals surface area contributed by atoms with Gasteiger partial charge < -0.3 is 4.74 Å². The number of ether oxygens (including phenoxy) is 1. The van der Waals surface area contributed by atoms with Crippen molar-refractivity contribution < 1.29 is 9.53 Å². The van der Waals surface area contributed by atoms with Crippen molar-refractivity contribution in [3.8, 4) is 0 Å². The summed E-state index contributed by atoms with van der Waals surface area (Å²) in [6.07, 6.45) is 6.19. The monoisotopic (exact) mass is 225 g/mol. The molecule has 3 nitrogen and oxygen atoms in total. The van der Waals surface area contributed by atoms with E-state index in [0.717, 1.165) is 30.6 Å². The molecule has 0 unspecified atom stereocenters. The van der Waals surface area contributed by atoms with Gasteiger partial charge in [0.2, 0.25) is 0 Å². The fraction of sp³-hybridized carbons (Fsp3) is 0.636. The number of nitrogens with zero attached hydrogens (tertiary/aromatic N) is 1. The maximum absolute atomic E-state index is 12.1. The predicted molar refractivity (Wildman–Crippen MR) is 59.0 cm³/mol. The number of hydrogen-bond acceptors (Lipinski definition) is 4. The molecule has 0 aliphatic heterocycles. The summed E-state index contributed by atoms with van der Waals surface area (Å²) in [7, 11) is 1.65. The van der Waals surface area contributed by atoms with E-state index >= 15 is 0 Å². The Morgan fingerprint density at radius 3 is 2.87 bits per heavy atom. The topological polar surface area (TPSA) is 39.2 Å². The quantitative estimate of drug-likeness (QED) is 0.788. The third-order valence-electron chi connectivity index (χ3n) is 3.13. The van der Waals surface area contributed by atoms with E-state index in [2.05, 4.69) is 4.98 Å². The van der Waals surface area contributed by atoms with E-state index in [1.54, 1.807) is 18.8 Å². The number of carbonyl (C=O) groups excluding carboxylic acids is 1. The molecule has 1 aromatic rings. The average molecular weight is 225 g/mol. The summed E-state index contributed by atoms with van der Waals surface area (Å²) in [4.78, 5) is 17.1. The Bertz CT molecular complexity index is 328. The first-order chi connectivity index (χ1) is 7.27. The van der Waals surface area contributed by atoms with Crippen LogP contribution in [-0.4, -0.2) is 23.5 Å². The minimum Gasteiger partial charge on any atom is -0.370 e. The van der Waals surface area contributed by atoms with Gasteiger partial charge in [0.15, 0.2) is 5.78 Å². The number of Topliss-reactive ketones (excluding diaryl/α,β-unsaturated/α-hetero) is 1. The molecule has 1 aliphatic rings. The minimum absolute atomic E-state index is 0.215. The molecule has 1 aliphatic carbocycles. The summed E-state index contributed by atoms with van der Waals surface area (Å²) in [5, 5.41) is 0. The van der Waals surface area contributed by atoms with Crippen LogP contribution in [0.15, 0.2) is 11.7 Å². The van der Waals surface area contributed by atoms with Crippen molar-refractivity contribution in [3.63, 3.8) is 0 Å². The number of hydrogen-bond donors (Lipinski definition) is 0. The molecule has 15 heavy (non-hydrogen) atoms. The van der Waals surface area contributed by atoms with E-state index in [-0.39, 0.29) is 5.78 Å². The van der Waals surface area contributed by atoms with Crippen LogP contribution in [0.2, 0.25) is 0 Å². The molecule has 0 amide bonds. The first-order valence-electron chi connectivity index (χ1n) is 5.23. The van der Waals surface area contributed by atoms with Gasteiger partial charge in [0.1, 0.15) is 5.60 Å². The zero-order valence-electron chi connectivity index (χ0n) is 8.86. The largest absolute Gasteiger partial charge is 0.370 e. The average Bonchev–Trinajstić information content (AvgIpc) is 2.87. The normalized spacial score (nSPS) is 19.3. The van der Waals surface area contributed by atoms with Gasteiger partial charge >= 0.3 is 0 Å². The second-order valence-electron chi connectivity index (χ2n) is 3.97. The maximum Gasteiger partial charge on any atom is 0.169 e. The Balaban J connectivity index is 2.06. The van der Waals surface area contributed by atoms with Crippen LogP contribution >= 0.6 is 11.3 Å². The molecule has 0 atom stereocenters. The lowest BCUT2D eigenvalue weighted by molar-refractivity contribution is -0.139. The molecule has 0 N–H and O–H groups in total. The van der Waals surface area contributed by atoms with Gasteiger partial charge in [0.25, 0.3) is 0 Å². The molecule has 0 aromatic carbocycles. The van der Waals surface area contributed by atoms with Crippen molar-refractivity contribution in [1.82, 2.24) is 4.98 Å². The lowest BCUT2D eigenvalue weighted by Gasteiger charge is -2.25. The Kier molecular flexibility index (Phi) is 3.17. The summed E-state index contributed by atoms with van der Waals surface area (Å²) in [5.74, 6) is 0.215. The third kappa shape index (κ3) is 2.11. The van der Waals surface area contributed by atoms with Crippen LogP contribution < -0.4 is 0 Å². The highest BCUT2D eigenvalue weighted by atomic mass is 32.1. The Morgan fingerprint density at radius 1 is 1.60 bits per heavy atom. The molecule has 1 heterocycles. The smallest absolute Gasteiger partial charge is 0.169 e. The highest BCUT2D eigenvalue weighted by Gasteiger charge is 2.40. The van der Waals surface area contributed by atoms with Crippen molar-refractivity contribution in [1.29, 1.82) is 0 Å². The highest BCUT2D eigenvalue weighted by Crippen LogP contribution is 2.34. The molecule has 4 heteroatoms. The zero-order valence-corrected chi connectivity index (χ0v) is 9.68. The van der Waals surface area contributed by atoms with E-state index in [1.807, 2.05) is 0 Å². The Morgan fingerprint density at radius 2 is 2.33 bits per heavy atom. The lowest BCUT2D eigenvalue weighted by Crippen LogP contribution is -2.38. The number of aromatic nitrogens is 1. The molecular weight excluding hydrogens is 210 g/mol. The molecule has 1 aromatic heterocycles. The SMILES string of the molecule is COC1(C(=O)Cc2cncs2)CCCC1. The lowest BCUT2D eigenvalue weighted by atomic mass is 9.94. The van der Waals surface area contributed by atoms with E-state index in [0.29, 0.717) is 6.42 Å². The van der Waals surface area contributed by atoms with Crippen LogP contribution in [0.5, 0.6) is 0 Å². The molecule has 0 bridgehead atoms. The summed E-state index contributed by atoms with van der Waals surface area (Å²) in [5.41, 5.74) is 1.26. The molecule has 0 saturated heterocycles. The second-order valence-corrected chi connectivity index (χ2v) is 4.94. The van der Waals surface area contributed by atoms with Crippen molar-refractivity contribution in [2.24, 2.45) is 0 Å². The fourth-order valence-corrected chi connectivity index (χ4v) is 2.78. The zero-order chi connectivity index (χ0) is 10.7. The van der Waals surface area contributed by atoms with Gasteiger partial charge in [0, 0.05) is 24.6 Å². The van der Waals surface area contributed by atoms with Gasteiger partial charge in [-0.25, -0.2) is 0 Å². The molecule has 0 spiro atoms. The van der Waals surface area contributed by atoms with Crippen molar-refractivity contribution in [2.75, 3.05) is 7.11 Å². The van der Waals surface area contributed by atoms with Gasteiger partial charge in [-0.3, -0.25) is 9.78 Å². The summed E-state index contributed by atoms with van der Waals surface area (Å²) < 4.78 is 5.44. The van der Waals surface area contributed by atoms with E-state index < -0.39 is 5.60 Å². The first-order valence-corrected chi connectivity index (χ1v) is 6.11. The Hall–Kier alpha value is -0.740. The summed E-state index contributed by atoms with van der Waals surface area (Å²) >= 11 is 1.53. The standard InChI is InChI=1S/C11H15NO2S/c1-14-11(4-2-3-5-11)10(13)6-9-7-12-8-15-9/h7-8H,2-6H2,1H3. The van der Waals surface area contributed by atoms with Crippen LogP contribution in [0.25, 0.3) is 0 Å². The van der Waals surface area contributed by atoms with Crippen LogP contribution in [0.3, 0.4) is 0 Å². The molecular formula is C11H15NO2S. The van der Waals surface area contributed by atoms with Crippen molar-refractivity contribution in [2.45, 2.75) is 37.7 Å². The molecule has 1 fully saturated rings. The van der Waals surface area contributed by atoms with Gasteiger partial charge in [-0.05, 0) is 25.7 Å². The molecule has 82 valence electrons. The van der Waals surface area contributed by atoms with Gasteiger partial charge in [0.05, 0.1) is 5.51 Å². The molecule has 1 saturated carbocycles. The molecule has 0 radical (unpaired) electrons. The Labute approximate surface area is 93.5 Å². The minimum atomic E-state index is -0.496. The van der Waals surface area contributed by atoms with Crippen molar-refractivity contribution >= 4 is 17.1 Å². The van der Waals surface area contributed by atoms with E-state index in [4.69, 9.17) is 4.74 Å². The summed E-state index contributed by atoms with van der Waals surface area (Å²) in [6, 6.07) is 0. The van der Waals surface area contributed by atoms with Gasteiger partial charge in [-0.2, -0.15) is 0 Å². The number of methoxy groups -OCH3 is 1. The number of rotatable bonds is 4. The predicted octanol–water partition coefficient (Wildman–Crippen LogP) is 2.21. The first kappa shape index (κ1) is 10.8. The van der Waals surface area contributed by atoms with Crippen LogP contribution in [0.1, 0.15) is 30.6 Å². The van der Waals surface area contributed by atoms with Crippen LogP contribution in [0, 0.1) is 0 Å². The maximum atomic E-state index is 12.1. The van der Waals surface area contributed by atoms with Gasteiger partial charge in [-0.15, -0.1) is 11.3 Å². The second kappa shape index (κ2) is 4.41. The van der Waals surface area contributed by atoms with Crippen molar-refractivity contribution in [3.05, 3.63) is 16.6 Å². The highest BCUT2D eigenvalue weighted by molar-refractivity contribution is 7.09. The number of carbonyl (C=O) groups is 1. The van der Waals surface area contributed by atoms with E-state index in [9.17, 15) is 4.79 Å². The summed E-state index contributed by atoms with van der Waals surface area (Å²) in [6.45, 7) is 0.